The molecule has 0 aromatic rings. The van der Waals surface area contributed by atoms with Gasteiger partial charge in [-0.05, 0) is 32.1 Å². The summed E-state index contributed by atoms with van der Waals surface area (Å²) in [5, 5.41) is 0. The van der Waals surface area contributed by atoms with Gasteiger partial charge in [0.2, 0.25) is 0 Å². The van der Waals surface area contributed by atoms with E-state index in [1.54, 1.807) is 0 Å². The summed E-state index contributed by atoms with van der Waals surface area (Å²) in [6.07, 6.45) is 15.3. The van der Waals surface area contributed by atoms with Crippen LogP contribution in [0.2, 0.25) is 0 Å². The van der Waals surface area contributed by atoms with Gasteiger partial charge < -0.3 is 9.80 Å². The molecule has 0 atom stereocenters. The molecule has 156 valence electrons. The molecule has 0 aromatic heterocycles. The Morgan fingerprint density at radius 2 is 0.885 bits per heavy atom. The van der Waals surface area contributed by atoms with Crippen molar-refractivity contribution in [1.82, 2.24) is 9.80 Å². The monoisotopic (exact) mass is 367 g/mol. The van der Waals surface area contributed by atoms with E-state index in [-0.39, 0.29) is 0 Å². The van der Waals surface area contributed by atoms with Crippen LogP contribution in [0.1, 0.15) is 112 Å². The van der Waals surface area contributed by atoms with Gasteiger partial charge in [-0.25, -0.2) is 0 Å². The Bertz CT molecular complexity index is 277. The van der Waals surface area contributed by atoms with E-state index in [0.29, 0.717) is 0 Å². The molecule has 0 bridgehead atoms. The maximum atomic E-state index is 5.18. The third-order valence-corrected chi connectivity index (χ3v) is 4.96. The predicted octanol–water partition coefficient (Wildman–Crippen LogP) is 6.73. The Kier molecular flexibility index (Phi) is 18.5. The van der Waals surface area contributed by atoms with Gasteiger partial charge >= 0.3 is 0 Å². The van der Waals surface area contributed by atoms with Gasteiger partial charge in [-0.1, -0.05) is 79.6 Å². The van der Waals surface area contributed by atoms with Crippen molar-refractivity contribution in [3.63, 3.8) is 0 Å². The number of rotatable bonds is 17. The Labute approximate surface area is 165 Å². The van der Waals surface area contributed by atoms with E-state index in [2.05, 4.69) is 44.4 Å². The normalized spacial score (nSPS) is 10.8. The van der Waals surface area contributed by atoms with Crippen LogP contribution in [0.4, 0.5) is 0 Å². The van der Waals surface area contributed by atoms with Crippen molar-refractivity contribution in [2.24, 2.45) is 4.99 Å². The smallest absolute Gasteiger partial charge is 0.196 e. The number of hydrogen-bond acceptors (Lipinski definition) is 1. The van der Waals surface area contributed by atoms with Crippen molar-refractivity contribution < 1.29 is 0 Å². The lowest BCUT2D eigenvalue weighted by molar-refractivity contribution is 0.299. The van der Waals surface area contributed by atoms with Crippen LogP contribution in [-0.2, 0) is 0 Å². The second-order valence-corrected chi connectivity index (χ2v) is 7.63. The van der Waals surface area contributed by atoms with Gasteiger partial charge in [-0.3, -0.25) is 4.99 Å². The van der Waals surface area contributed by atoms with Crippen molar-refractivity contribution in [2.75, 3.05) is 32.7 Å². The summed E-state index contributed by atoms with van der Waals surface area (Å²) in [5.74, 6) is 1.31. The first-order chi connectivity index (χ1) is 12.7. The second kappa shape index (κ2) is 19.0. The van der Waals surface area contributed by atoms with Gasteiger partial charge in [-0.15, -0.1) is 0 Å². The molecule has 0 heterocycles. The molecule has 0 saturated heterocycles. The van der Waals surface area contributed by atoms with Crippen LogP contribution in [0.3, 0.4) is 0 Å². The van der Waals surface area contributed by atoms with E-state index in [0.717, 1.165) is 6.54 Å². The highest BCUT2D eigenvalue weighted by atomic mass is 15.4. The zero-order valence-corrected chi connectivity index (χ0v) is 18.9. The summed E-state index contributed by atoms with van der Waals surface area (Å²) in [5.41, 5.74) is 0. The van der Waals surface area contributed by atoms with Crippen LogP contribution in [0.15, 0.2) is 4.99 Å². The minimum atomic E-state index is 0.999. The van der Waals surface area contributed by atoms with Gasteiger partial charge in [0.15, 0.2) is 5.96 Å². The zero-order valence-electron chi connectivity index (χ0n) is 18.9. The molecule has 0 fully saturated rings. The Balaban J connectivity index is 5.20. The topological polar surface area (TPSA) is 18.8 Å². The fourth-order valence-corrected chi connectivity index (χ4v) is 3.14. The van der Waals surface area contributed by atoms with Crippen LogP contribution >= 0.6 is 0 Å². The fourth-order valence-electron chi connectivity index (χ4n) is 3.14. The highest BCUT2D eigenvalue weighted by molar-refractivity contribution is 5.80. The van der Waals surface area contributed by atoms with E-state index < -0.39 is 0 Å². The van der Waals surface area contributed by atoms with Gasteiger partial charge in [-0.2, -0.15) is 0 Å². The van der Waals surface area contributed by atoms with Crippen molar-refractivity contribution in [3.05, 3.63) is 0 Å². The molecular formula is C23H49N3. The third kappa shape index (κ3) is 12.6. The average molecular weight is 368 g/mol. The SMILES string of the molecule is CCCCCCN=C(N(CCCC)CCCC)N(CCCC)CCCC. The third-order valence-electron chi connectivity index (χ3n) is 4.96. The first-order valence-corrected chi connectivity index (χ1v) is 11.8. The molecule has 0 unspecified atom stereocenters. The molecule has 0 radical (unpaired) electrons. The van der Waals surface area contributed by atoms with Gasteiger partial charge in [0, 0.05) is 32.7 Å². The van der Waals surface area contributed by atoms with Crippen molar-refractivity contribution in [3.8, 4) is 0 Å². The molecule has 0 N–H and O–H groups in total. The van der Waals surface area contributed by atoms with Crippen LogP contribution in [-0.4, -0.2) is 48.5 Å². The van der Waals surface area contributed by atoms with Crippen LogP contribution < -0.4 is 0 Å². The lowest BCUT2D eigenvalue weighted by Crippen LogP contribution is -2.46. The van der Waals surface area contributed by atoms with E-state index in [4.69, 9.17) is 4.99 Å². The van der Waals surface area contributed by atoms with E-state index in [9.17, 15) is 0 Å². The van der Waals surface area contributed by atoms with Crippen molar-refractivity contribution in [1.29, 1.82) is 0 Å². The molecular weight excluding hydrogens is 318 g/mol. The quantitative estimate of drug-likeness (QED) is 0.161. The molecule has 0 spiro atoms. The van der Waals surface area contributed by atoms with E-state index in [1.807, 2.05) is 0 Å². The molecule has 0 aliphatic carbocycles. The first-order valence-electron chi connectivity index (χ1n) is 11.8. The largest absolute Gasteiger partial charge is 0.343 e. The Morgan fingerprint density at radius 3 is 1.23 bits per heavy atom. The van der Waals surface area contributed by atoms with Crippen LogP contribution in [0.25, 0.3) is 0 Å². The van der Waals surface area contributed by atoms with Gasteiger partial charge in [0.05, 0.1) is 0 Å². The van der Waals surface area contributed by atoms with Crippen molar-refractivity contribution in [2.45, 2.75) is 112 Å². The molecule has 0 aliphatic heterocycles. The molecule has 3 heteroatoms. The number of hydrogen-bond donors (Lipinski definition) is 0. The van der Waals surface area contributed by atoms with Crippen LogP contribution in [0.5, 0.6) is 0 Å². The predicted molar refractivity (Wildman–Crippen MR) is 119 cm³/mol. The standard InChI is InChI=1S/C23H49N3/c1-6-11-16-17-18-24-23(25(19-12-7-2)20-13-8-3)26(21-14-9-4)22-15-10-5/h6-22H2,1-5H3. The molecule has 0 rings (SSSR count). The lowest BCUT2D eigenvalue weighted by Gasteiger charge is -2.35. The van der Waals surface area contributed by atoms with E-state index in [1.165, 1.54) is 109 Å². The number of nitrogens with zero attached hydrogens (tertiary/aromatic N) is 3. The Morgan fingerprint density at radius 1 is 0.500 bits per heavy atom. The first kappa shape index (κ1) is 25.3. The lowest BCUT2D eigenvalue weighted by atomic mass is 10.2. The summed E-state index contributed by atoms with van der Waals surface area (Å²) < 4.78 is 0. The number of aliphatic imine (C=N–C) groups is 1. The fraction of sp³-hybridized carbons (Fsp3) is 0.957. The molecule has 0 amide bonds. The molecule has 0 aromatic carbocycles. The maximum absolute atomic E-state index is 5.18. The minimum absolute atomic E-state index is 0.999. The summed E-state index contributed by atoms with van der Waals surface area (Å²) in [4.78, 5) is 10.4. The number of guanidine groups is 1. The van der Waals surface area contributed by atoms with E-state index >= 15 is 0 Å². The second-order valence-electron chi connectivity index (χ2n) is 7.63. The summed E-state index contributed by atoms with van der Waals surface area (Å²) in [7, 11) is 0. The minimum Gasteiger partial charge on any atom is -0.343 e. The van der Waals surface area contributed by atoms with Gasteiger partial charge in [0.25, 0.3) is 0 Å². The summed E-state index contributed by atoms with van der Waals surface area (Å²) in [6.45, 7) is 17.1. The highest BCUT2D eigenvalue weighted by Gasteiger charge is 2.17. The van der Waals surface area contributed by atoms with Gasteiger partial charge in [0.1, 0.15) is 0 Å². The summed E-state index contributed by atoms with van der Waals surface area (Å²) >= 11 is 0. The molecule has 3 nitrogen and oxygen atoms in total. The summed E-state index contributed by atoms with van der Waals surface area (Å²) in [6, 6.07) is 0. The molecule has 0 aliphatic rings. The zero-order chi connectivity index (χ0) is 19.5. The average Bonchev–Trinajstić information content (AvgIpc) is 2.66. The number of unbranched alkanes of at least 4 members (excludes halogenated alkanes) is 7. The van der Waals surface area contributed by atoms with Crippen LogP contribution in [0, 0.1) is 0 Å². The Hall–Kier alpha value is -0.730. The van der Waals surface area contributed by atoms with Crippen molar-refractivity contribution >= 4 is 5.96 Å². The maximum Gasteiger partial charge on any atom is 0.196 e. The highest BCUT2D eigenvalue weighted by Crippen LogP contribution is 2.10. The molecule has 26 heavy (non-hydrogen) atoms. The molecule has 0 saturated carbocycles.